The lowest BCUT2D eigenvalue weighted by molar-refractivity contribution is -0.131. The Morgan fingerprint density at radius 1 is 1.12 bits per heavy atom. The fraction of sp³-hybridized carbons (Fsp3) is 0.571. The normalized spacial score (nSPS) is 17.9. The van der Waals surface area contributed by atoms with E-state index in [9.17, 15) is 9.59 Å². The third-order valence-corrected chi connectivity index (χ3v) is 2.83. The van der Waals surface area contributed by atoms with E-state index in [-0.39, 0.29) is 0 Å². The van der Waals surface area contributed by atoms with E-state index in [1.165, 1.54) is 6.08 Å². The van der Waals surface area contributed by atoms with Crippen molar-refractivity contribution in [2.75, 3.05) is 0 Å². The van der Waals surface area contributed by atoms with Gasteiger partial charge in [0.1, 0.15) is 0 Å². The first kappa shape index (κ1) is 13.7. The number of carbonyl (C=O) groups is 2. The minimum atomic E-state index is -0.427. The molecule has 0 saturated heterocycles. The molecule has 3 nitrogen and oxygen atoms in total. The Kier molecular flexibility index (Phi) is 4.67. The number of rotatable bonds is 5. The summed E-state index contributed by atoms with van der Waals surface area (Å²) in [5, 5.41) is 3.27. The molecule has 1 N–H and O–H groups in total. The first-order valence-electron chi connectivity index (χ1n) is 6.15. The van der Waals surface area contributed by atoms with Crippen molar-refractivity contribution in [3.8, 4) is 0 Å². The van der Waals surface area contributed by atoms with Crippen molar-refractivity contribution in [3.05, 3.63) is 23.4 Å². The number of nitrogens with one attached hydrogen (secondary N) is 1. The van der Waals surface area contributed by atoms with Crippen molar-refractivity contribution in [1.29, 1.82) is 0 Å². The van der Waals surface area contributed by atoms with Gasteiger partial charge >= 0.3 is 0 Å². The Labute approximate surface area is 103 Å². The van der Waals surface area contributed by atoms with E-state index in [1.54, 1.807) is 13.0 Å². The van der Waals surface area contributed by atoms with Gasteiger partial charge in [0.25, 0.3) is 0 Å². The topological polar surface area (TPSA) is 46.2 Å². The molecule has 1 atom stereocenters. The second-order valence-corrected chi connectivity index (χ2v) is 5.14. The zero-order valence-electron chi connectivity index (χ0n) is 11.0. The summed E-state index contributed by atoms with van der Waals surface area (Å²) in [6.07, 6.45) is 5.35. The number of hydrogen-bond donors (Lipinski definition) is 1. The van der Waals surface area contributed by atoms with Crippen LogP contribution in [0.4, 0.5) is 0 Å². The van der Waals surface area contributed by atoms with E-state index in [2.05, 4.69) is 26.1 Å². The molecule has 0 fully saturated rings. The standard InChI is InChI=1S/C14H21NO2/c1-9(2)5-6-11(4)15-12-7-10(3)14(17)13(16)8-12/h7-9,11,15H,5-6H2,1-4H3. The van der Waals surface area contributed by atoms with Gasteiger partial charge in [-0.3, -0.25) is 9.59 Å². The van der Waals surface area contributed by atoms with Gasteiger partial charge < -0.3 is 5.32 Å². The lowest BCUT2D eigenvalue weighted by Gasteiger charge is -2.19. The molecular weight excluding hydrogens is 214 g/mol. The summed E-state index contributed by atoms with van der Waals surface area (Å²) in [4.78, 5) is 22.6. The van der Waals surface area contributed by atoms with E-state index < -0.39 is 11.6 Å². The van der Waals surface area contributed by atoms with Crippen molar-refractivity contribution in [3.63, 3.8) is 0 Å². The summed E-state index contributed by atoms with van der Waals surface area (Å²) in [5.74, 6) is -0.144. The molecule has 94 valence electrons. The highest BCUT2D eigenvalue weighted by molar-refractivity contribution is 6.48. The van der Waals surface area contributed by atoms with Gasteiger partial charge in [0.15, 0.2) is 0 Å². The van der Waals surface area contributed by atoms with Gasteiger partial charge in [-0.2, -0.15) is 0 Å². The van der Waals surface area contributed by atoms with Crippen LogP contribution >= 0.6 is 0 Å². The Morgan fingerprint density at radius 3 is 2.29 bits per heavy atom. The molecule has 0 aromatic heterocycles. The van der Waals surface area contributed by atoms with Gasteiger partial charge in [0.05, 0.1) is 0 Å². The van der Waals surface area contributed by atoms with Crippen LogP contribution in [0.2, 0.25) is 0 Å². The summed E-state index contributed by atoms with van der Waals surface area (Å²) in [5.41, 5.74) is 1.26. The van der Waals surface area contributed by atoms with Crippen LogP contribution in [0.25, 0.3) is 0 Å². The largest absolute Gasteiger partial charge is 0.382 e. The van der Waals surface area contributed by atoms with Gasteiger partial charge in [-0.15, -0.1) is 0 Å². The molecule has 0 bridgehead atoms. The van der Waals surface area contributed by atoms with Gasteiger partial charge in [-0.25, -0.2) is 0 Å². The average molecular weight is 235 g/mol. The minimum Gasteiger partial charge on any atom is -0.382 e. The molecule has 3 heteroatoms. The van der Waals surface area contributed by atoms with Crippen LogP contribution in [0.5, 0.6) is 0 Å². The van der Waals surface area contributed by atoms with Crippen LogP contribution in [0.3, 0.4) is 0 Å². The minimum absolute atomic E-state index is 0.314. The molecule has 1 aliphatic rings. The first-order valence-corrected chi connectivity index (χ1v) is 6.15. The molecule has 0 saturated carbocycles. The molecule has 1 aliphatic carbocycles. The monoisotopic (exact) mass is 235 g/mol. The first-order chi connectivity index (χ1) is 7.90. The summed E-state index contributed by atoms with van der Waals surface area (Å²) >= 11 is 0. The van der Waals surface area contributed by atoms with E-state index in [0.29, 0.717) is 17.5 Å². The molecule has 1 rings (SSSR count). The summed E-state index contributed by atoms with van der Waals surface area (Å²) in [6, 6.07) is 0.314. The zero-order chi connectivity index (χ0) is 13.0. The predicted octanol–water partition coefficient (Wildman–Crippen LogP) is 2.38. The highest BCUT2D eigenvalue weighted by Crippen LogP contribution is 2.12. The maximum Gasteiger partial charge on any atom is 0.228 e. The number of allylic oxidation sites excluding steroid dienone is 3. The Morgan fingerprint density at radius 2 is 1.76 bits per heavy atom. The second-order valence-electron chi connectivity index (χ2n) is 5.14. The average Bonchev–Trinajstić information content (AvgIpc) is 2.23. The van der Waals surface area contributed by atoms with Crippen molar-refractivity contribution in [2.45, 2.75) is 46.6 Å². The molecule has 0 aromatic carbocycles. The van der Waals surface area contributed by atoms with E-state index in [0.717, 1.165) is 18.5 Å². The van der Waals surface area contributed by atoms with Crippen LogP contribution in [-0.2, 0) is 9.59 Å². The number of hydrogen-bond acceptors (Lipinski definition) is 3. The zero-order valence-corrected chi connectivity index (χ0v) is 11.0. The maximum absolute atomic E-state index is 11.4. The third-order valence-electron chi connectivity index (χ3n) is 2.83. The van der Waals surface area contributed by atoms with Gasteiger partial charge in [0, 0.05) is 23.4 Å². The maximum atomic E-state index is 11.4. The Balaban J connectivity index is 2.55. The van der Waals surface area contributed by atoms with Crippen LogP contribution < -0.4 is 5.32 Å². The van der Waals surface area contributed by atoms with E-state index in [1.807, 2.05) is 0 Å². The molecule has 0 spiro atoms. The molecule has 0 aliphatic heterocycles. The van der Waals surface area contributed by atoms with Crippen molar-refractivity contribution in [2.24, 2.45) is 5.92 Å². The van der Waals surface area contributed by atoms with Crippen LogP contribution in [0.15, 0.2) is 23.4 Å². The van der Waals surface area contributed by atoms with E-state index >= 15 is 0 Å². The van der Waals surface area contributed by atoms with Crippen LogP contribution in [0.1, 0.15) is 40.5 Å². The molecule has 0 amide bonds. The summed E-state index contributed by atoms with van der Waals surface area (Å²) in [7, 11) is 0. The van der Waals surface area contributed by atoms with Gasteiger partial charge in [0.2, 0.25) is 11.6 Å². The highest BCUT2D eigenvalue weighted by Gasteiger charge is 2.19. The van der Waals surface area contributed by atoms with Gasteiger partial charge in [-0.05, 0) is 38.7 Å². The van der Waals surface area contributed by atoms with Crippen molar-refractivity contribution in [1.82, 2.24) is 5.32 Å². The fourth-order valence-electron chi connectivity index (χ4n) is 1.76. The van der Waals surface area contributed by atoms with Gasteiger partial charge in [-0.1, -0.05) is 13.8 Å². The molecule has 1 unspecified atom stereocenters. The second kappa shape index (κ2) is 5.80. The Hall–Kier alpha value is -1.38. The number of ketones is 2. The smallest absolute Gasteiger partial charge is 0.228 e. The van der Waals surface area contributed by atoms with E-state index in [4.69, 9.17) is 0 Å². The van der Waals surface area contributed by atoms with Crippen LogP contribution in [0, 0.1) is 5.92 Å². The van der Waals surface area contributed by atoms with Crippen LogP contribution in [-0.4, -0.2) is 17.6 Å². The third kappa shape index (κ3) is 4.17. The highest BCUT2D eigenvalue weighted by atomic mass is 16.2. The summed E-state index contributed by atoms with van der Waals surface area (Å²) in [6.45, 7) is 8.15. The predicted molar refractivity (Wildman–Crippen MR) is 68.5 cm³/mol. The quantitative estimate of drug-likeness (QED) is 0.588. The van der Waals surface area contributed by atoms with Crippen molar-refractivity contribution < 1.29 is 9.59 Å². The lowest BCUT2D eigenvalue weighted by Crippen LogP contribution is -2.29. The lowest BCUT2D eigenvalue weighted by atomic mass is 10.0. The molecule has 0 heterocycles. The molecule has 17 heavy (non-hydrogen) atoms. The number of carbonyl (C=O) groups excluding carboxylic acids is 2. The molecule has 0 aromatic rings. The fourth-order valence-corrected chi connectivity index (χ4v) is 1.76. The van der Waals surface area contributed by atoms with Crippen molar-refractivity contribution >= 4 is 11.6 Å². The molecule has 0 radical (unpaired) electrons. The Bertz CT molecular complexity index is 378. The number of Topliss-reactive ketones (excluding diaryl/α,β-unsaturated/α-hetero) is 1. The SMILES string of the molecule is CC1=CC(NC(C)CCC(C)C)=CC(=O)C1=O. The summed E-state index contributed by atoms with van der Waals surface area (Å²) < 4.78 is 0. The molecular formula is C14H21NO2.